The van der Waals surface area contributed by atoms with Crippen molar-refractivity contribution in [3.63, 3.8) is 0 Å². The SMILES string of the molecule is Cc1c2c(c(CC(C)(C)C)c3ccc(CC(C)(C)C)cc13)Sc1cc3cccc(CC(C)(C)CF)c3c3cc[n+](C)c-2c13. The predicted molar refractivity (Wildman–Crippen MR) is 184 cm³/mol. The summed E-state index contributed by atoms with van der Waals surface area (Å²) in [5.41, 5.74) is 8.14. The fourth-order valence-electron chi connectivity index (χ4n) is 7.16. The highest BCUT2D eigenvalue weighted by atomic mass is 32.2. The molecule has 43 heavy (non-hydrogen) atoms. The number of aryl methyl sites for hydroxylation is 2. The van der Waals surface area contributed by atoms with Crippen molar-refractivity contribution in [2.45, 2.75) is 91.4 Å². The summed E-state index contributed by atoms with van der Waals surface area (Å²) in [5.74, 6) is 0. The van der Waals surface area contributed by atoms with Crippen molar-refractivity contribution in [2.24, 2.45) is 23.3 Å². The van der Waals surface area contributed by atoms with E-state index in [-0.39, 0.29) is 17.5 Å². The fraction of sp³-hybridized carbons (Fsp3) is 0.425. The number of hydrogen-bond donors (Lipinski definition) is 0. The van der Waals surface area contributed by atoms with Gasteiger partial charge in [0.25, 0.3) is 0 Å². The normalized spacial score (nSPS) is 13.7. The third-order valence-corrected chi connectivity index (χ3v) is 10.1. The maximum absolute atomic E-state index is 14.0. The fourth-order valence-corrected chi connectivity index (χ4v) is 8.53. The molecule has 0 unspecified atom stereocenters. The molecule has 0 aliphatic carbocycles. The highest BCUT2D eigenvalue weighted by molar-refractivity contribution is 8.00. The molecule has 5 aromatic rings. The van der Waals surface area contributed by atoms with Gasteiger partial charge in [-0.1, -0.05) is 104 Å². The van der Waals surface area contributed by atoms with Gasteiger partial charge >= 0.3 is 0 Å². The highest BCUT2D eigenvalue weighted by Gasteiger charge is 2.34. The van der Waals surface area contributed by atoms with Crippen molar-refractivity contribution in [3.05, 3.63) is 77.0 Å². The van der Waals surface area contributed by atoms with Crippen LogP contribution < -0.4 is 4.57 Å². The van der Waals surface area contributed by atoms with E-state index in [1.165, 1.54) is 75.6 Å². The first kappa shape index (κ1) is 30.1. The summed E-state index contributed by atoms with van der Waals surface area (Å²) in [4.78, 5) is 2.73. The van der Waals surface area contributed by atoms with Gasteiger partial charge in [0, 0.05) is 21.2 Å². The Morgan fingerprint density at radius 3 is 2.16 bits per heavy atom. The van der Waals surface area contributed by atoms with Crippen LogP contribution in [0.25, 0.3) is 43.6 Å². The van der Waals surface area contributed by atoms with E-state index in [0.717, 1.165) is 12.8 Å². The van der Waals surface area contributed by atoms with E-state index < -0.39 is 5.41 Å². The number of alkyl halides is 1. The van der Waals surface area contributed by atoms with Crippen LogP contribution in [0.5, 0.6) is 0 Å². The Kier molecular flexibility index (Phi) is 7.24. The summed E-state index contributed by atoms with van der Waals surface area (Å²) >= 11 is 1.96. The molecule has 6 rings (SSSR count). The first-order valence-corrected chi connectivity index (χ1v) is 16.6. The quantitative estimate of drug-likeness (QED) is 0.142. The maximum Gasteiger partial charge on any atom is 0.222 e. The van der Waals surface area contributed by atoms with Crippen LogP contribution >= 0.6 is 11.8 Å². The second kappa shape index (κ2) is 10.3. The number of halogens is 1. The minimum absolute atomic E-state index is 0.149. The van der Waals surface area contributed by atoms with Crippen LogP contribution in [0.2, 0.25) is 0 Å². The second-order valence-corrected chi connectivity index (χ2v) is 17.2. The van der Waals surface area contributed by atoms with Crippen molar-refractivity contribution in [1.82, 2.24) is 0 Å². The zero-order valence-electron chi connectivity index (χ0n) is 27.8. The average molecular weight is 593 g/mol. The lowest BCUT2D eigenvalue weighted by atomic mass is 9.81. The van der Waals surface area contributed by atoms with E-state index in [0.29, 0.717) is 6.42 Å². The van der Waals surface area contributed by atoms with E-state index >= 15 is 0 Å². The lowest BCUT2D eigenvalue weighted by molar-refractivity contribution is -0.659. The van der Waals surface area contributed by atoms with Crippen molar-refractivity contribution in [1.29, 1.82) is 0 Å². The van der Waals surface area contributed by atoms with Crippen LogP contribution in [0.1, 0.15) is 77.6 Å². The molecule has 2 heterocycles. The highest BCUT2D eigenvalue weighted by Crippen LogP contribution is 2.54. The summed E-state index contributed by atoms with van der Waals surface area (Å²) < 4.78 is 16.4. The molecule has 224 valence electrons. The third kappa shape index (κ3) is 5.48. The number of nitrogens with zero attached hydrogens (tertiary/aromatic N) is 1. The molecule has 0 N–H and O–H groups in total. The number of benzene rings is 4. The Morgan fingerprint density at radius 2 is 1.49 bits per heavy atom. The van der Waals surface area contributed by atoms with E-state index in [9.17, 15) is 4.39 Å². The minimum atomic E-state index is -0.401. The third-order valence-electron chi connectivity index (χ3n) is 8.92. The van der Waals surface area contributed by atoms with Crippen LogP contribution in [0.4, 0.5) is 4.39 Å². The second-order valence-electron chi connectivity index (χ2n) is 16.2. The molecule has 4 aromatic carbocycles. The van der Waals surface area contributed by atoms with Crippen molar-refractivity contribution in [3.8, 4) is 11.3 Å². The Morgan fingerprint density at radius 1 is 0.767 bits per heavy atom. The monoisotopic (exact) mass is 592 g/mol. The van der Waals surface area contributed by atoms with Gasteiger partial charge in [-0.2, -0.15) is 0 Å². The van der Waals surface area contributed by atoms with Gasteiger partial charge < -0.3 is 0 Å². The van der Waals surface area contributed by atoms with Crippen LogP contribution in [0, 0.1) is 23.2 Å². The summed E-state index contributed by atoms with van der Waals surface area (Å²) in [6.45, 7) is 20.1. The van der Waals surface area contributed by atoms with Gasteiger partial charge in [-0.05, 0) is 92.3 Å². The van der Waals surface area contributed by atoms with Crippen LogP contribution in [0.15, 0.2) is 64.5 Å². The molecule has 0 saturated heterocycles. The molecule has 0 atom stereocenters. The topological polar surface area (TPSA) is 3.88 Å². The molecule has 3 heteroatoms. The van der Waals surface area contributed by atoms with Gasteiger partial charge in [0.05, 0.1) is 17.6 Å². The molecule has 1 aliphatic rings. The molecule has 1 aromatic heterocycles. The van der Waals surface area contributed by atoms with Crippen molar-refractivity contribution < 1.29 is 8.96 Å². The lowest BCUT2D eigenvalue weighted by Crippen LogP contribution is -2.32. The molecule has 0 radical (unpaired) electrons. The summed E-state index contributed by atoms with van der Waals surface area (Å²) in [5, 5.41) is 7.90. The largest absolute Gasteiger partial charge is 0.251 e. The molecular formula is C40H47FNS+. The predicted octanol–water partition coefficient (Wildman–Crippen LogP) is 11.1. The number of aromatic nitrogens is 1. The Balaban J connectivity index is 1.72. The number of pyridine rings is 1. The zero-order chi connectivity index (χ0) is 31.1. The molecule has 0 fully saturated rings. The number of hydrogen-bond acceptors (Lipinski definition) is 1. The maximum atomic E-state index is 14.0. The lowest BCUT2D eigenvalue weighted by Gasteiger charge is -2.29. The molecule has 0 amide bonds. The molecule has 0 spiro atoms. The Hall–Kier alpha value is -2.91. The van der Waals surface area contributed by atoms with Gasteiger partial charge in [0.2, 0.25) is 5.69 Å². The minimum Gasteiger partial charge on any atom is -0.251 e. The molecule has 1 aliphatic heterocycles. The Labute approximate surface area is 261 Å². The van der Waals surface area contributed by atoms with Crippen LogP contribution in [0.3, 0.4) is 0 Å². The van der Waals surface area contributed by atoms with Gasteiger partial charge in [0.1, 0.15) is 7.05 Å². The standard InChI is InChI=1S/C40H47FNS/c1-24-30-18-25(20-38(2,3)4)14-15-28(30)31(22-39(5,6)7)37-33(24)36-35-29(16-17-42(36)10)34-26(19-32(35)43-37)12-11-13-27(34)21-40(8,9)23-41/h11-19H,20-23H2,1-10H3/q+1. The zero-order valence-corrected chi connectivity index (χ0v) is 28.6. The smallest absolute Gasteiger partial charge is 0.222 e. The first-order valence-electron chi connectivity index (χ1n) is 15.8. The first-order chi connectivity index (χ1) is 20.1. The van der Waals surface area contributed by atoms with Gasteiger partial charge in [-0.25, -0.2) is 4.57 Å². The molecule has 0 bridgehead atoms. The summed E-state index contributed by atoms with van der Waals surface area (Å²) in [6, 6.07) is 18.5. The van der Waals surface area contributed by atoms with E-state index in [4.69, 9.17) is 0 Å². The number of rotatable bonds is 5. The van der Waals surface area contributed by atoms with E-state index in [1.807, 2.05) is 25.6 Å². The summed E-state index contributed by atoms with van der Waals surface area (Å²) in [6.07, 6.45) is 5.02. The van der Waals surface area contributed by atoms with Gasteiger partial charge in [-0.15, -0.1) is 0 Å². The van der Waals surface area contributed by atoms with Crippen molar-refractivity contribution >= 4 is 44.1 Å². The van der Waals surface area contributed by atoms with Crippen LogP contribution in [-0.2, 0) is 26.3 Å². The van der Waals surface area contributed by atoms with Crippen molar-refractivity contribution in [2.75, 3.05) is 6.67 Å². The average Bonchev–Trinajstić information content (AvgIpc) is 2.90. The van der Waals surface area contributed by atoms with Gasteiger partial charge in [0.15, 0.2) is 6.20 Å². The molecule has 0 saturated carbocycles. The summed E-state index contributed by atoms with van der Waals surface area (Å²) in [7, 11) is 2.20. The number of fused-ring (bicyclic) bond motifs is 5. The Bertz CT molecular complexity index is 1920. The van der Waals surface area contributed by atoms with Gasteiger partial charge in [-0.3, -0.25) is 4.39 Å². The van der Waals surface area contributed by atoms with E-state index in [1.54, 1.807) is 0 Å². The molecular weight excluding hydrogens is 546 g/mol. The van der Waals surface area contributed by atoms with Crippen LogP contribution in [-0.4, -0.2) is 6.67 Å². The van der Waals surface area contributed by atoms with E-state index in [2.05, 4.69) is 115 Å². The molecule has 1 nitrogen and oxygen atoms in total.